The lowest BCUT2D eigenvalue weighted by atomic mass is 9.94. The molecule has 7 nitrogen and oxygen atoms in total. The Hall–Kier alpha value is -3.19. The van der Waals surface area contributed by atoms with Gasteiger partial charge in [-0.1, -0.05) is 36.4 Å². The van der Waals surface area contributed by atoms with E-state index in [0.29, 0.717) is 18.7 Å². The zero-order chi connectivity index (χ0) is 21.0. The molecule has 2 aromatic carbocycles. The maximum absolute atomic E-state index is 12.5. The Kier molecular flexibility index (Phi) is 6.29. The van der Waals surface area contributed by atoms with E-state index in [4.69, 9.17) is 4.74 Å². The number of hydrogen-bond acceptors (Lipinski definition) is 4. The van der Waals surface area contributed by atoms with Crippen LogP contribution in [0.15, 0.2) is 42.5 Å². The molecule has 0 aromatic heterocycles. The van der Waals surface area contributed by atoms with E-state index >= 15 is 0 Å². The van der Waals surface area contributed by atoms with E-state index in [2.05, 4.69) is 10.6 Å². The number of imide groups is 1. The number of carbonyl (C=O) groups excluding carboxylic acids is 3. The highest BCUT2D eigenvalue weighted by Crippen LogP contribution is 2.17. The Morgan fingerprint density at radius 1 is 1.07 bits per heavy atom. The molecular formula is C22H26N3O4+. The van der Waals surface area contributed by atoms with Gasteiger partial charge in [0.1, 0.15) is 6.54 Å². The highest BCUT2D eigenvalue weighted by atomic mass is 16.5. The number of amides is 3. The van der Waals surface area contributed by atoms with Gasteiger partial charge in [0.15, 0.2) is 12.6 Å². The molecule has 0 fully saturated rings. The number of esters is 1. The molecule has 0 saturated carbocycles. The van der Waals surface area contributed by atoms with Gasteiger partial charge in [0.05, 0.1) is 7.11 Å². The minimum absolute atomic E-state index is 0.00563. The fourth-order valence-electron chi connectivity index (χ4n) is 3.66. The number of fused-ring (bicyclic) bond motifs is 1. The molecule has 1 heterocycles. The van der Waals surface area contributed by atoms with Crippen molar-refractivity contribution in [2.45, 2.75) is 32.9 Å². The second-order valence-electron chi connectivity index (χ2n) is 7.31. The summed E-state index contributed by atoms with van der Waals surface area (Å²) in [6.07, 6.45) is 0.500. The molecule has 1 aliphatic heterocycles. The molecule has 3 amide bonds. The third-order valence-electron chi connectivity index (χ3n) is 5.43. The van der Waals surface area contributed by atoms with E-state index in [1.165, 1.54) is 7.11 Å². The van der Waals surface area contributed by atoms with Crippen LogP contribution in [-0.4, -0.2) is 37.6 Å². The van der Waals surface area contributed by atoms with Gasteiger partial charge < -0.3 is 15.0 Å². The lowest BCUT2D eigenvalue weighted by Crippen LogP contribution is -3.17. The van der Waals surface area contributed by atoms with Crippen molar-refractivity contribution in [3.8, 4) is 0 Å². The van der Waals surface area contributed by atoms with Crippen LogP contribution < -0.4 is 15.5 Å². The average Bonchev–Trinajstić information content (AvgIpc) is 2.70. The molecule has 2 atom stereocenters. The summed E-state index contributed by atoms with van der Waals surface area (Å²) in [6.45, 7) is 4.37. The molecule has 0 radical (unpaired) electrons. The van der Waals surface area contributed by atoms with Crippen molar-refractivity contribution < 1.29 is 24.0 Å². The number of urea groups is 1. The Balaban J connectivity index is 1.65. The molecule has 2 aromatic rings. The molecule has 1 unspecified atom stereocenters. The number of anilines is 1. The topological polar surface area (TPSA) is 88.9 Å². The number of quaternary nitrogens is 1. The lowest BCUT2D eigenvalue weighted by molar-refractivity contribution is -0.924. The zero-order valence-corrected chi connectivity index (χ0v) is 16.9. The molecule has 3 N–H and O–H groups in total. The van der Waals surface area contributed by atoms with Crippen LogP contribution in [0.3, 0.4) is 0 Å². The summed E-state index contributed by atoms with van der Waals surface area (Å²) >= 11 is 0. The first-order valence-electron chi connectivity index (χ1n) is 9.55. The van der Waals surface area contributed by atoms with Gasteiger partial charge in [-0.25, -0.2) is 9.59 Å². The van der Waals surface area contributed by atoms with Crippen LogP contribution in [0, 0.1) is 13.8 Å². The largest absolute Gasteiger partial charge is 0.465 e. The normalized spacial score (nSPS) is 17.8. The number of methoxy groups -OCH3 is 1. The first-order valence-corrected chi connectivity index (χ1v) is 9.55. The molecule has 1 aliphatic rings. The van der Waals surface area contributed by atoms with Crippen LogP contribution in [0.2, 0.25) is 0 Å². The molecular weight excluding hydrogens is 370 g/mol. The van der Waals surface area contributed by atoms with Crippen molar-refractivity contribution in [2.24, 2.45) is 0 Å². The van der Waals surface area contributed by atoms with Gasteiger partial charge >= 0.3 is 12.0 Å². The fourth-order valence-corrected chi connectivity index (χ4v) is 3.66. The predicted octanol–water partition coefficient (Wildman–Crippen LogP) is 1.13. The van der Waals surface area contributed by atoms with Crippen LogP contribution in [0.25, 0.3) is 0 Å². The lowest BCUT2D eigenvalue weighted by Gasteiger charge is -2.31. The quantitative estimate of drug-likeness (QED) is 0.676. The second kappa shape index (κ2) is 8.87. The molecule has 0 saturated heterocycles. The molecule has 0 bridgehead atoms. The van der Waals surface area contributed by atoms with Gasteiger partial charge in [-0.15, -0.1) is 0 Å². The summed E-state index contributed by atoms with van der Waals surface area (Å²) in [5, 5.41) is 5.07. The van der Waals surface area contributed by atoms with Crippen molar-refractivity contribution in [3.05, 3.63) is 64.7 Å². The Morgan fingerprint density at radius 3 is 2.52 bits per heavy atom. The third-order valence-corrected chi connectivity index (χ3v) is 5.43. The van der Waals surface area contributed by atoms with Gasteiger partial charge in [0.2, 0.25) is 0 Å². The number of carbonyl (C=O) groups is 3. The molecule has 7 heteroatoms. The molecule has 29 heavy (non-hydrogen) atoms. The van der Waals surface area contributed by atoms with Crippen molar-refractivity contribution >= 4 is 23.6 Å². The van der Waals surface area contributed by atoms with E-state index in [1.54, 1.807) is 6.07 Å². The fraction of sp³-hybridized carbons (Fsp3) is 0.318. The minimum atomic E-state index is -0.588. The first-order chi connectivity index (χ1) is 13.9. The van der Waals surface area contributed by atoms with E-state index in [-0.39, 0.29) is 12.5 Å². The number of aryl methyl sites for hydroxylation is 1. The van der Waals surface area contributed by atoms with Crippen molar-refractivity contribution in [3.63, 3.8) is 0 Å². The summed E-state index contributed by atoms with van der Waals surface area (Å²) in [4.78, 5) is 37.7. The number of nitrogens with one attached hydrogen (secondary N) is 3. The number of hydrogen-bond donors (Lipinski definition) is 3. The van der Waals surface area contributed by atoms with Crippen LogP contribution in [-0.2, 0) is 27.3 Å². The smallest absolute Gasteiger partial charge is 0.365 e. The predicted molar refractivity (Wildman–Crippen MR) is 109 cm³/mol. The zero-order valence-electron chi connectivity index (χ0n) is 16.9. The highest BCUT2D eigenvalue weighted by Gasteiger charge is 2.37. The SMILES string of the molecule is COC(=O)[C@@H]1Cc2ccccc2C[NH+]1CC(=O)NC(=O)Nc1cccc(C)c1C. The summed E-state index contributed by atoms with van der Waals surface area (Å²) < 4.78 is 4.93. The maximum Gasteiger partial charge on any atom is 0.365 e. The maximum atomic E-state index is 12.5. The number of benzene rings is 2. The summed E-state index contributed by atoms with van der Waals surface area (Å²) in [7, 11) is 1.35. The van der Waals surface area contributed by atoms with Crippen LogP contribution in [0.1, 0.15) is 22.3 Å². The number of rotatable bonds is 4. The standard InChI is InChI=1S/C22H25N3O4/c1-14-7-6-10-18(15(14)2)23-22(28)24-20(26)13-25-12-17-9-5-4-8-16(17)11-19(25)21(27)29-3/h4-10,19H,11-13H2,1-3H3,(H2,23,24,26,28)/p+1/t19-/m0/s1. The summed E-state index contributed by atoms with van der Waals surface area (Å²) in [5.74, 6) is -0.807. The molecule has 152 valence electrons. The third kappa shape index (κ3) is 4.81. The van der Waals surface area contributed by atoms with Crippen molar-refractivity contribution in [1.82, 2.24) is 5.32 Å². The van der Waals surface area contributed by atoms with Gasteiger partial charge in [-0.2, -0.15) is 0 Å². The van der Waals surface area contributed by atoms with Crippen molar-refractivity contribution in [1.29, 1.82) is 0 Å². The molecule has 0 spiro atoms. The summed E-state index contributed by atoms with van der Waals surface area (Å²) in [5.41, 5.74) is 4.82. The minimum Gasteiger partial charge on any atom is -0.465 e. The van der Waals surface area contributed by atoms with Crippen LogP contribution in [0.4, 0.5) is 10.5 Å². The van der Waals surface area contributed by atoms with Gasteiger partial charge in [0, 0.05) is 17.7 Å². The van der Waals surface area contributed by atoms with Crippen molar-refractivity contribution in [2.75, 3.05) is 19.0 Å². The van der Waals surface area contributed by atoms with Crippen LogP contribution >= 0.6 is 0 Å². The van der Waals surface area contributed by atoms with E-state index in [1.807, 2.05) is 50.2 Å². The summed E-state index contributed by atoms with van der Waals surface area (Å²) in [6, 6.07) is 12.4. The average molecular weight is 396 g/mol. The van der Waals surface area contributed by atoms with E-state index < -0.39 is 18.0 Å². The highest BCUT2D eigenvalue weighted by molar-refractivity contribution is 6.01. The molecule has 3 rings (SSSR count). The number of ether oxygens (including phenoxy) is 1. The molecule has 0 aliphatic carbocycles. The van der Waals surface area contributed by atoms with Gasteiger partial charge in [0.25, 0.3) is 5.91 Å². The first kappa shape index (κ1) is 20.5. The Labute approximate surface area is 170 Å². The Morgan fingerprint density at radius 2 is 1.79 bits per heavy atom. The van der Waals surface area contributed by atoms with Gasteiger partial charge in [-0.3, -0.25) is 10.1 Å². The van der Waals surface area contributed by atoms with Crippen LogP contribution in [0.5, 0.6) is 0 Å². The van der Waals surface area contributed by atoms with E-state index in [9.17, 15) is 14.4 Å². The Bertz CT molecular complexity index is 941. The van der Waals surface area contributed by atoms with Gasteiger partial charge in [-0.05, 0) is 36.6 Å². The van der Waals surface area contributed by atoms with E-state index in [0.717, 1.165) is 27.2 Å². The second-order valence-corrected chi connectivity index (χ2v) is 7.31. The monoisotopic (exact) mass is 396 g/mol.